The van der Waals surface area contributed by atoms with Crippen LogP contribution in [0.4, 0.5) is 0 Å². The van der Waals surface area contributed by atoms with Gasteiger partial charge in [0.25, 0.3) is 0 Å². The lowest BCUT2D eigenvalue weighted by molar-refractivity contribution is -0.132. The van der Waals surface area contributed by atoms with Gasteiger partial charge in [-0.05, 0) is 31.7 Å². The first-order valence-electron chi connectivity index (χ1n) is 8.74. The van der Waals surface area contributed by atoms with Gasteiger partial charge in [0.15, 0.2) is 0 Å². The maximum absolute atomic E-state index is 12.7. The summed E-state index contributed by atoms with van der Waals surface area (Å²) in [7, 11) is -0.930. The van der Waals surface area contributed by atoms with E-state index in [0.29, 0.717) is 19.0 Å². The van der Waals surface area contributed by atoms with E-state index in [4.69, 9.17) is 4.74 Å². The number of likely N-dealkylation sites (N-methyl/N-ethyl adjacent to an activating group) is 1. The fraction of sp³-hybridized carbons (Fsp3) is 0.647. The van der Waals surface area contributed by atoms with E-state index >= 15 is 0 Å². The van der Waals surface area contributed by atoms with Crippen molar-refractivity contribution in [3.63, 3.8) is 0 Å². The maximum atomic E-state index is 12.7. The van der Waals surface area contributed by atoms with Gasteiger partial charge in [-0.25, -0.2) is 13.2 Å². The second kappa shape index (κ2) is 8.22. The molecule has 1 amide bonds. The predicted molar refractivity (Wildman–Crippen MR) is 96.2 cm³/mol. The number of ether oxygens (including phenoxy) is 1. The van der Waals surface area contributed by atoms with Crippen molar-refractivity contribution in [3.8, 4) is 0 Å². The number of likely N-dealkylation sites (tertiary alicyclic amines) is 1. The number of hydrogen-bond donors (Lipinski definition) is 0. The van der Waals surface area contributed by atoms with Crippen molar-refractivity contribution < 1.29 is 22.7 Å². The molecule has 1 saturated heterocycles. The smallest absolute Gasteiger partial charge is 0.354 e. The van der Waals surface area contributed by atoms with Crippen molar-refractivity contribution in [2.75, 3.05) is 33.3 Å². The van der Waals surface area contributed by atoms with E-state index in [-0.39, 0.29) is 29.6 Å². The summed E-state index contributed by atoms with van der Waals surface area (Å²) in [5, 5.41) is 0. The number of sulfonamides is 1. The van der Waals surface area contributed by atoms with Gasteiger partial charge >= 0.3 is 5.97 Å². The number of esters is 1. The molecule has 146 valence electrons. The molecular weight excluding hydrogens is 358 g/mol. The third kappa shape index (κ3) is 4.45. The van der Waals surface area contributed by atoms with Gasteiger partial charge in [0.1, 0.15) is 10.6 Å². The van der Waals surface area contributed by atoms with E-state index in [9.17, 15) is 18.0 Å². The Hall–Kier alpha value is -1.87. The van der Waals surface area contributed by atoms with Gasteiger partial charge in [-0.15, -0.1) is 0 Å². The highest BCUT2D eigenvalue weighted by Gasteiger charge is 2.29. The second-order valence-electron chi connectivity index (χ2n) is 6.72. The fourth-order valence-electron chi connectivity index (χ4n) is 2.90. The van der Waals surface area contributed by atoms with Crippen molar-refractivity contribution in [3.05, 3.63) is 18.0 Å². The third-order valence-corrected chi connectivity index (χ3v) is 6.44. The molecule has 1 fully saturated rings. The van der Waals surface area contributed by atoms with Gasteiger partial charge in [-0.2, -0.15) is 4.31 Å². The Bertz CT molecular complexity index is 763. The van der Waals surface area contributed by atoms with Crippen LogP contribution in [0, 0.1) is 5.92 Å². The van der Waals surface area contributed by atoms with Gasteiger partial charge in [-0.3, -0.25) is 4.79 Å². The van der Waals surface area contributed by atoms with Gasteiger partial charge in [0.2, 0.25) is 15.9 Å². The maximum Gasteiger partial charge on any atom is 0.354 e. The Kier molecular flexibility index (Phi) is 6.46. The summed E-state index contributed by atoms with van der Waals surface area (Å²) in [5.41, 5.74) is 0.148. The molecule has 1 aliphatic rings. The Labute approximate surface area is 154 Å². The molecular formula is C17H27N3O5S. The van der Waals surface area contributed by atoms with E-state index in [1.165, 1.54) is 23.9 Å². The predicted octanol–water partition coefficient (Wildman–Crippen LogP) is 1.08. The topological polar surface area (TPSA) is 88.9 Å². The highest BCUT2D eigenvalue weighted by Crippen LogP contribution is 2.20. The molecule has 0 spiro atoms. The minimum atomic E-state index is -3.88. The molecule has 0 radical (unpaired) electrons. The molecule has 8 nitrogen and oxygen atoms in total. The molecule has 2 heterocycles. The number of aryl methyl sites for hydroxylation is 1. The van der Waals surface area contributed by atoms with Crippen LogP contribution in [0.15, 0.2) is 17.2 Å². The molecule has 9 heteroatoms. The van der Waals surface area contributed by atoms with Gasteiger partial charge in [0, 0.05) is 33.4 Å². The van der Waals surface area contributed by atoms with Crippen LogP contribution < -0.4 is 0 Å². The van der Waals surface area contributed by atoms with Crippen LogP contribution in [-0.4, -0.2) is 67.4 Å². The van der Waals surface area contributed by atoms with Crippen LogP contribution in [0.3, 0.4) is 0 Å². The molecule has 1 aliphatic heterocycles. The minimum absolute atomic E-state index is 0.0365. The summed E-state index contributed by atoms with van der Waals surface area (Å²) in [6.07, 6.45) is 3.22. The summed E-state index contributed by atoms with van der Waals surface area (Å²) >= 11 is 0. The SMILES string of the molecule is CCOC(=O)c1cc(S(=O)(=O)N(C)CC(=O)N2CCC(C)CC2)cn1C. The van der Waals surface area contributed by atoms with Crippen molar-refractivity contribution in [1.29, 1.82) is 0 Å². The third-order valence-electron chi connectivity index (χ3n) is 4.67. The first kappa shape index (κ1) is 20.4. The Balaban J connectivity index is 2.10. The van der Waals surface area contributed by atoms with E-state index in [1.807, 2.05) is 0 Å². The summed E-state index contributed by atoms with van der Waals surface area (Å²) in [6, 6.07) is 1.27. The quantitative estimate of drug-likeness (QED) is 0.684. The number of amides is 1. The lowest BCUT2D eigenvalue weighted by Crippen LogP contribution is -2.44. The Morgan fingerprint density at radius 1 is 1.31 bits per heavy atom. The second-order valence-corrected chi connectivity index (χ2v) is 8.76. The average molecular weight is 385 g/mol. The van der Waals surface area contributed by atoms with E-state index in [1.54, 1.807) is 18.9 Å². The number of hydrogen-bond acceptors (Lipinski definition) is 5. The molecule has 0 aliphatic carbocycles. The van der Waals surface area contributed by atoms with Crippen LogP contribution in [0.5, 0.6) is 0 Å². The summed E-state index contributed by atoms with van der Waals surface area (Å²) < 4.78 is 32.8. The molecule has 26 heavy (non-hydrogen) atoms. The van der Waals surface area contributed by atoms with Crippen LogP contribution in [0.2, 0.25) is 0 Å². The molecule has 0 bridgehead atoms. The van der Waals surface area contributed by atoms with Crippen molar-refractivity contribution >= 4 is 21.9 Å². The molecule has 2 rings (SSSR count). The van der Waals surface area contributed by atoms with E-state index in [0.717, 1.165) is 17.1 Å². The summed E-state index contributed by atoms with van der Waals surface area (Å²) in [4.78, 5) is 25.9. The molecule has 1 aromatic heterocycles. The highest BCUT2D eigenvalue weighted by atomic mass is 32.2. The fourth-order valence-corrected chi connectivity index (χ4v) is 4.09. The zero-order valence-corrected chi connectivity index (χ0v) is 16.6. The monoisotopic (exact) mass is 385 g/mol. The standard InChI is InChI=1S/C17H27N3O5S/c1-5-25-17(22)15-10-14(11-18(15)3)26(23,24)19(4)12-16(21)20-8-6-13(2)7-9-20/h10-11,13H,5-9,12H2,1-4H3. The molecule has 0 saturated carbocycles. The lowest BCUT2D eigenvalue weighted by atomic mass is 9.99. The summed E-state index contributed by atoms with van der Waals surface area (Å²) in [6.45, 7) is 5.13. The van der Waals surface area contributed by atoms with Gasteiger partial charge in [0.05, 0.1) is 13.2 Å². The first-order chi connectivity index (χ1) is 12.2. The van der Waals surface area contributed by atoms with Crippen molar-refractivity contribution in [1.82, 2.24) is 13.8 Å². The van der Waals surface area contributed by atoms with Crippen LogP contribution in [0.1, 0.15) is 37.2 Å². The zero-order chi connectivity index (χ0) is 19.5. The molecule has 0 atom stereocenters. The summed E-state index contributed by atoms with van der Waals surface area (Å²) in [5.74, 6) is -0.201. The van der Waals surface area contributed by atoms with Gasteiger partial charge < -0.3 is 14.2 Å². The van der Waals surface area contributed by atoms with Crippen molar-refractivity contribution in [2.24, 2.45) is 13.0 Å². The lowest BCUT2D eigenvalue weighted by Gasteiger charge is -2.31. The highest BCUT2D eigenvalue weighted by molar-refractivity contribution is 7.89. The zero-order valence-electron chi connectivity index (χ0n) is 15.8. The number of rotatable bonds is 6. The van der Waals surface area contributed by atoms with Gasteiger partial charge in [-0.1, -0.05) is 6.92 Å². The average Bonchev–Trinajstić information content (AvgIpc) is 2.98. The Morgan fingerprint density at radius 3 is 2.50 bits per heavy atom. The van der Waals surface area contributed by atoms with Crippen LogP contribution in [-0.2, 0) is 26.6 Å². The molecule has 0 aromatic carbocycles. The van der Waals surface area contributed by atoms with E-state index < -0.39 is 16.0 Å². The molecule has 0 N–H and O–H groups in total. The minimum Gasteiger partial charge on any atom is -0.461 e. The molecule has 1 aromatic rings. The Morgan fingerprint density at radius 2 is 1.92 bits per heavy atom. The number of aromatic nitrogens is 1. The normalized spacial score (nSPS) is 16.1. The molecule has 0 unspecified atom stereocenters. The van der Waals surface area contributed by atoms with Crippen LogP contribution >= 0.6 is 0 Å². The van der Waals surface area contributed by atoms with Crippen molar-refractivity contribution in [2.45, 2.75) is 31.6 Å². The number of carbonyl (C=O) groups is 2. The first-order valence-corrected chi connectivity index (χ1v) is 10.2. The van der Waals surface area contributed by atoms with E-state index in [2.05, 4.69) is 6.92 Å². The number of carbonyl (C=O) groups excluding carboxylic acids is 2. The number of piperidine rings is 1. The largest absolute Gasteiger partial charge is 0.461 e. The number of nitrogens with zero attached hydrogens (tertiary/aromatic N) is 3. The van der Waals surface area contributed by atoms with Crippen LogP contribution in [0.25, 0.3) is 0 Å².